The van der Waals surface area contributed by atoms with Crippen LogP contribution in [-0.2, 0) is 0 Å². The molecule has 56 valence electrons. The quantitative estimate of drug-likeness (QED) is 0.365. The first-order chi connectivity index (χ1) is 3.46. The Bertz CT molecular complexity index is 66.3. The topological polar surface area (TPSA) is 169 Å². The molecular weight excluding hydrogens is 138 g/mol. The van der Waals surface area contributed by atoms with Crippen LogP contribution in [0.25, 0.3) is 0 Å². The van der Waals surface area contributed by atoms with Crippen LogP contribution in [0.3, 0.4) is 0 Å². The summed E-state index contributed by atoms with van der Waals surface area (Å²) < 4.78 is 0. The van der Waals surface area contributed by atoms with Crippen molar-refractivity contribution in [3.8, 4) is 0 Å². The van der Waals surface area contributed by atoms with Crippen LogP contribution in [0.1, 0.15) is 0 Å². The highest BCUT2D eigenvalue weighted by atomic mass is 16.9. The zero-order valence-corrected chi connectivity index (χ0v) is 4.34. The molecule has 0 spiro atoms. The average Bonchev–Trinajstić information content (AvgIpc) is 1.25. The molecule has 0 atom stereocenters. The molecule has 9 heavy (non-hydrogen) atoms. The van der Waals surface area contributed by atoms with Gasteiger partial charge in [0.1, 0.15) is 0 Å². The molecule has 0 rings (SSSR count). The summed E-state index contributed by atoms with van der Waals surface area (Å²) >= 11 is 0. The first-order valence-corrected chi connectivity index (χ1v) is 1.10. The summed E-state index contributed by atoms with van der Waals surface area (Å²) in [6, 6.07) is 0. The Kier molecular flexibility index (Phi) is 16.7. The molecular formula is H4N3O6-. The van der Waals surface area contributed by atoms with Gasteiger partial charge in [0.2, 0.25) is 0 Å². The molecule has 0 saturated heterocycles. The predicted molar refractivity (Wildman–Crippen MR) is 26.7 cm³/mol. The van der Waals surface area contributed by atoms with E-state index in [2.05, 4.69) is 0 Å². The number of hydrogen-bond acceptors (Lipinski definition) is 6. The van der Waals surface area contributed by atoms with Crippen molar-refractivity contribution >= 4 is 0 Å². The van der Waals surface area contributed by atoms with Gasteiger partial charge in [0.05, 0.1) is 10.2 Å². The molecule has 0 saturated carbocycles. The molecule has 0 aliphatic heterocycles. The summed E-state index contributed by atoms with van der Waals surface area (Å²) in [6.45, 7) is 0. The number of nitrogens with zero attached hydrogens (tertiary/aromatic N) is 2. The van der Waals surface area contributed by atoms with E-state index in [9.17, 15) is 0 Å². The smallest absolute Gasteiger partial charge is 0.0689 e. The lowest BCUT2D eigenvalue weighted by atomic mass is 13.1. The summed E-state index contributed by atoms with van der Waals surface area (Å²) in [5.41, 5.74) is 0. The van der Waals surface area contributed by atoms with Gasteiger partial charge in [0.15, 0.2) is 0 Å². The maximum atomic E-state index is 8.25. The molecule has 9 nitrogen and oxygen atoms in total. The van der Waals surface area contributed by atoms with E-state index in [0.29, 0.717) is 0 Å². The summed E-state index contributed by atoms with van der Waals surface area (Å²) in [5, 5.41) is 29.5. The summed E-state index contributed by atoms with van der Waals surface area (Å²) in [7, 11) is 0. The van der Waals surface area contributed by atoms with Gasteiger partial charge in [-0.3, -0.25) is 0 Å². The van der Waals surface area contributed by atoms with E-state index in [0.717, 1.165) is 0 Å². The van der Waals surface area contributed by atoms with Crippen LogP contribution in [0.4, 0.5) is 0 Å². The van der Waals surface area contributed by atoms with E-state index in [1.54, 1.807) is 0 Å². The molecule has 0 aromatic heterocycles. The van der Waals surface area contributed by atoms with Crippen LogP contribution < -0.4 is 6.15 Å². The minimum Gasteiger partial charge on any atom is -0.369 e. The van der Waals surface area contributed by atoms with Gasteiger partial charge in [0, 0.05) is 0 Å². The highest BCUT2D eigenvalue weighted by Crippen LogP contribution is 1.44. The highest BCUT2D eigenvalue weighted by Gasteiger charge is 1.46. The van der Waals surface area contributed by atoms with Gasteiger partial charge in [-0.2, -0.15) is 0 Å². The first kappa shape index (κ1) is 15.7. The summed E-state index contributed by atoms with van der Waals surface area (Å²) in [5.74, 6) is 0. The van der Waals surface area contributed by atoms with Crippen molar-refractivity contribution in [1.82, 2.24) is 6.15 Å². The van der Waals surface area contributed by atoms with Crippen molar-refractivity contribution in [1.29, 1.82) is 0 Å². The fourth-order valence-corrected chi connectivity index (χ4v) is 0. The lowest BCUT2D eigenvalue weighted by Crippen LogP contribution is -1.74. The number of rotatable bonds is 0. The van der Waals surface area contributed by atoms with Gasteiger partial charge in [-0.15, -0.1) is 0 Å². The van der Waals surface area contributed by atoms with Crippen LogP contribution in [0.15, 0.2) is 0 Å². The fourth-order valence-electron chi connectivity index (χ4n) is 0. The van der Waals surface area contributed by atoms with Gasteiger partial charge < -0.3 is 36.8 Å². The van der Waals surface area contributed by atoms with Gasteiger partial charge in [-0.05, 0) is 0 Å². The van der Waals surface area contributed by atoms with Crippen molar-refractivity contribution in [2.75, 3.05) is 0 Å². The Morgan fingerprint density at radius 3 is 0.778 bits per heavy atom. The normalized spacial score (nSPS) is 5.33. The Labute approximate surface area is 48.3 Å². The molecule has 0 bridgehead atoms. The predicted octanol–water partition coefficient (Wildman–Crippen LogP) is -0.102. The summed E-state index contributed by atoms with van der Waals surface area (Å²) in [4.78, 5) is 16.5. The highest BCUT2D eigenvalue weighted by molar-refractivity contribution is 4.04. The maximum Gasteiger partial charge on any atom is 0.0689 e. The third-order valence-electron chi connectivity index (χ3n) is 0. The molecule has 0 aliphatic carbocycles. The summed E-state index contributed by atoms with van der Waals surface area (Å²) in [6.07, 6.45) is 0. The van der Waals surface area contributed by atoms with Crippen LogP contribution in [0, 0.1) is 30.6 Å². The molecule has 0 heterocycles. The SMILES string of the molecule is O=[N+]([O-])[O-].O=[N+]([O-])[O-].[NH4+]. The molecule has 0 fully saturated rings. The van der Waals surface area contributed by atoms with Crippen molar-refractivity contribution in [3.05, 3.63) is 30.6 Å². The lowest BCUT2D eigenvalue weighted by Gasteiger charge is -1.74. The number of hydrogen-bond donors (Lipinski definition) is 1. The second-order valence-electron chi connectivity index (χ2n) is 0.447. The van der Waals surface area contributed by atoms with E-state index >= 15 is 0 Å². The molecule has 0 radical (unpaired) electrons. The van der Waals surface area contributed by atoms with E-state index in [1.807, 2.05) is 0 Å². The number of quaternary nitrogens is 1. The molecule has 4 N–H and O–H groups in total. The van der Waals surface area contributed by atoms with E-state index in [1.165, 1.54) is 0 Å². The third kappa shape index (κ3) is 45.0. The van der Waals surface area contributed by atoms with Gasteiger partial charge in [-0.1, -0.05) is 0 Å². The zero-order chi connectivity index (χ0) is 7.15. The van der Waals surface area contributed by atoms with E-state index in [4.69, 9.17) is 30.6 Å². The van der Waals surface area contributed by atoms with Crippen molar-refractivity contribution in [2.24, 2.45) is 0 Å². The molecule has 0 aromatic rings. The first-order valence-electron chi connectivity index (χ1n) is 1.10. The van der Waals surface area contributed by atoms with Crippen molar-refractivity contribution < 1.29 is 10.2 Å². The monoisotopic (exact) mass is 142 g/mol. The van der Waals surface area contributed by atoms with Crippen LogP contribution >= 0.6 is 0 Å². The average molecular weight is 142 g/mol. The largest absolute Gasteiger partial charge is 0.369 e. The van der Waals surface area contributed by atoms with Crippen LogP contribution in [0.2, 0.25) is 0 Å². The minimum absolute atomic E-state index is 0. The van der Waals surface area contributed by atoms with Crippen molar-refractivity contribution in [2.45, 2.75) is 0 Å². The van der Waals surface area contributed by atoms with E-state index < -0.39 is 10.2 Å². The van der Waals surface area contributed by atoms with E-state index in [-0.39, 0.29) is 6.15 Å². The second-order valence-corrected chi connectivity index (χ2v) is 0.447. The van der Waals surface area contributed by atoms with Crippen LogP contribution in [-0.4, -0.2) is 10.2 Å². The minimum atomic E-state index is -1.75. The molecule has 9 heteroatoms. The van der Waals surface area contributed by atoms with Gasteiger partial charge in [0.25, 0.3) is 0 Å². The third-order valence-corrected chi connectivity index (χ3v) is 0. The van der Waals surface area contributed by atoms with Crippen molar-refractivity contribution in [3.63, 3.8) is 0 Å². The Balaban J connectivity index is -0.0000000720. The van der Waals surface area contributed by atoms with Gasteiger partial charge in [-0.25, -0.2) is 0 Å². The Morgan fingerprint density at radius 2 is 0.778 bits per heavy atom. The Morgan fingerprint density at radius 1 is 0.778 bits per heavy atom. The molecule has 0 aromatic carbocycles. The molecule has 0 unspecified atom stereocenters. The standard InChI is InChI=1S/2NO3.H3N/c2*2-1(3)4;/h;;1H3/q2*-1;/p+1. The lowest BCUT2D eigenvalue weighted by molar-refractivity contribution is -0.403. The molecule has 0 amide bonds. The second kappa shape index (κ2) is 9.61. The zero-order valence-electron chi connectivity index (χ0n) is 4.34. The van der Waals surface area contributed by atoms with Crippen LogP contribution in [0.5, 0.6) is 0 Å². The maximum absolute atomic E-state index is 8.25. The fraction of sp³-hybridized carbons (Fsp3) is 0. The molecule has 0 aliphatic rings. The van der Waals surface area contributed by atoms with Gasteiger partial charge >= 0.3 is 0 Å². The Hall–Kier alpha value is -1.64.